The SMILES string of the molecule is ClC1(Cl)C(Cl)(Cl)[C@]2(c3ccccc3)O[C@]1(c1ccccc1)c1ccccc12. The van der Waals surface area contributed by atoms with Crippen molar-refractivity contribution in [2.24, 2.45) is 0 Å². The zero-order chi connectivity index (χ0) is 18.9. The first-order chi connectivity index (χ1) is 12.9. The minimum atomic E-state index is -1.63. The van der Waals surface area contributed by atoms with Gasteiger partial charge in [-0.05, 0) is 22.3 Å². The van der Waals surface area contributed by atoms with Crippen LogP contribution in [0.5, 0.6) is 0 Å². The van der Waals surface area contributed by atoms with Crippen LogP contribution >= 0.6 is 46.4 Å². The Balaban J connectivity index is 1.94. The molecule has 2 aliphatic heterocycles. The maximum atomic E-state index is 6.99. The lowest BCUT2D eigenvalue weighted by Crippen LogP contribution is -2.55. The van der Waals surface area contributed by atoms with Crippen LogP contribution in [-0.4, -0.2) is 8.67 Å². The second-order valence-electron chi connectivity index (χ2n) is 6.89. The minimum Gasteiger partial charge on any atom is -0.343 e. The largest absolute Gasteiger partial charge is 0.343 e. The predicted octanol–water partition coefficient (Wildman–Crippen LogP) is 6.57. The number of halogens is 4. The van der Waals surface area contributed by atoms with Crippen molar-refractivity contribution in [1.29, 1.82) is 0 Å². The van der Waals surface area contributed by atoms with Crippen LogP contribution in [0.3, 0.4) is 0 Å². The van der Waals surface area contributed by atoms with Crippen molar-refractivity contribution in [2.75, 3.05) is 0 Å². The second kappa shape index (κ2) is 5.65. The number of fused-ring (bicyclic) bond motifs is 5. The summed E-state index contributed by atoms with van der Waals surface area (Å²) in [6.45, 7) is 0. The second-order valence-corrected chi connectivity index (χ2v) is 9.55. The van der Waals surface area contributed by atoms with Crippen LogP contribution in [0.4, 0.5) is 0 Å². The molecule has 0 unspecified atom stereocenters. The van der Waals surface area contributed by atoms with E-state index in [4.69, 9.17) is 51.1 Å². The normalized spacial score (nSPS) is 29.5. The molecule has 2 atom stereocenters. The third-order valence-corrected chi connectivity index (χ3v) is 8.22. The first-order valence-electron chi connectivity index (χ1n) is 8.56. The molecule has 0 spiro atoms. The fraction of sp³-hybridized carbons (Fsp3) is 0.182. The number of rotatable bonds is 2. The molecular formula is C22H14Cl4O. The maximum Gasteiger partial charge on any atom is 0.191 e. The Morgan fingerprint density at radius 3 is 1.19 bits per heavy atom. The summed E-state index contributed by atoms with van der Waals surface area (Å²) in [7, 11) is 0. The molecule has 2 aliphatic rings. The van der Waals surface area contributed by atoms with Crippen LogP contribution < -0.4 is 0 Å². The van der Waals surface area contributed by atoms with Gasteiger partial charge in [0.15, 0.2) is 19.9 Å². The molecule has 27 heavy (non-hydrogen) atoms. The Labute approximate surface area is 177 Å². The fourth-order valence-electron chi connectivity index (χ4n) is 4.48. The molecule has 0 N–H and O–H groups in total. The van der Waals surface area contributed by atoms with Gasteiger partial charge >= 0.3 is 0 Å². The quantitative estimate of drug-likeness (QED) is 0.414. The highest BCUT2D eigenvalue weighted by atomic mass is 35.5. The molecule has 0 radical (unpaired) electrons. The van der Waals surface area contributed by atoms with Crippen molar-refractivity contribution in [3.8, 4) is 0 Å². The summed E-state index contributed by atoms with van der Waals surface area (Å²) in [4.78, 5) is 0. The molecule has 3 aromatic carbocycles. The van der Waals surface area contributed by atoms with Gasteiger partial charge in [-0.3, -0.25) is 0 Å². The van der Waals surface area contributed by atoms with Gasteiger partial charge in [-0.15, -0.1) is 0 Å². The number of alkyl halides is 4. The molecule has 0 amide bonds. The molecule has 0 aromatic heterocycles. The first kappa shape index (κ1) is 17.8. The van der Waals surface area contributed by atoms with Crippen molar-refractivity contribution in [1.82, 2.24) is 0 Å². The lowest BCUT2D eigenvalue weighted by molar-refractivity contribution is -0.0437. The van der Waals surface area contributed by atoms with E-state index in [1.165, 1.54) is 0 Å². The molecule has 0 saturated carbocycles. The van der Waals surface area contributed by atoms with Crippen LogP contribution in [0, 0.1) is 0 Å². The molecule has 3 aromatic rings. The lowest BCUT2D eigenvalue weighted by Gasteiger charge is -2.45. The predicted molar refractivity (Wildman–Crippen MR) is 111 cm³/mol. The van der Waals surface area contributed by atoms with Crippen LogP contribution in [-0.2, 0) is 15.9 Å². The van der Waals surface area contributed by atoms with Gasteiger partial charge in [-0.1, -0.05) is 131 Å². The van der Waals surface area contributed by atoms with Gasteiger partial charge in [-0.2, -0.15) is 0 Å². The monoisotopic (exact) mass is 434 g/mol. The van der Waals surface area contributed by atoms with Crippen molar-refractivity contribution in [2.45, 2.75) is 19.9 Å². The average Bonchev–Trinajstić information content (AvgIpc) is 3.10. The number of hydrogen-bond donors (Lipinski definition) is 0. The number of ether oxygens (including phenoxy) is 1. The van der Waals surface area contributed by atoms with E-state index in [0.717, 1.165) is 22.3 Å². The van der Waals surface area contributed by atoms with Crippen LogP contribution in [0.25, 0.3) is 0 Å². The molecule has 1 fully saturated rings. The van der Waals surface area contributed by atoms with Gasteiger partial charge in [-0.25, -0.2) is 0 Å². The molecule has 2 bridgehead atoms. The number of benzene rings is 3. The Hall–Kier alpha value is -1.22. The van der Waals surface area contributed by atoms with Crippen LogP contribution in [0.2, 0.25) is 0 Å². The Morgan fingerprint density at radius 1 is 0.481 bits per heavy atom. The zero-order valence-corrected chi connectivity index (χ0v) is 17.0. The molecule has 2 heterocycles. The third-order valence-electron chi connectivity index (χ3n) is 5.63. The lowest BCUT2D eigenvalue weighted by atomic mass is 9.70. The molecule has 5 rings (SSSR count). The fourth-order valence-corrected chi connectivity index (χ4v) is 6.01. The van der Waals surface area contributed by atoms with Gasteiger partial charge in [0.25, 0.3) is 0 Å². The van der Waals surface area contributed by atoms with Gasteiger partial charge in [0.1, 0.15) is 0 Å². The van der Waals surface area contributed by atoms with E-state index in [1.54, 1.807) is 0 Å². The van der Waals surface area contributed by atoms with Crippen molar-refractivity contribution < 1.29 is 4.74 Å². The van der Waals surface area contributed by atoms with E-state index in [0.29, 0.717) is 0 Å². The van der Waals surface area contributed by atoms with E-state index in [-0.39, 0.29) is 0 Å². The van der Waals surface area contributed by atoms with Gasteiger partial charge in [0, 0.05) is 0 Å². The molecule has 5 heteroatoms. The molecule has 1 nitrogen and oxygen atoms in total. The zero-order valence-electron chi connectivity index (χ0n) is 14.0. The minimum absolute atomic E-state index is 0.809. The summed E-state index contributed by atoms with van der Waals surface area (Å²) in [5, 5.41) is 0. The van der Waals surface area contributed by atoms with E-state index in [2.05, 4.69) is 0 Å². The maximum absolute atomic E-state index is 6.99. The smallest absolute Gasteiger partial charge is 0.191 e. The summed E-state index contributed by atoms with van der Waals surface area (Å²) in [5.74, 6) is 0. The Bertz CT molecular complexity index is 936. The van der Waals surface area contributed by atoms with Crippen LogP contribution in [0.1, 0.15) is 22.3 Å². The van der Waals surface area contributed by atoms with E-state index in [9.17, 15) is 0 Å². The van der Waals surface area contributed by atoms with Crippen molar-refractivity contribution in [3.63, 3.8) is 0 Å². The van der Waals surface area contributed by atoms with Gasteiger partial charge in [0.05, 0.1) is 0 Å². The molecule has 1 saturated heterocycles. The van der Waals surface area contributed by atoms with E-state index < -0.39 is 19.9 Å². The van der Waals surface area contributed by atoms with E-state index in [1.807, 2.05) is 84.9 Å². The first-order valence-corrected chi connectivity index (χ1v) is 10.1. The average molecular weight is 436 g/mol. The third kappa shape index (κ3) is 1.88. The highest BCUT2D eigenvalue weighted by Crippen LogP contribution is 2.77. The van der Waals surface area contributed by atoms with Crippen molar-refractivity contribution >= 4 is 46.4 Å². The topological polar surface area (TPSA) is 9.23 Å². The highest BCUT2D eigenvalue weighted by Gasteiger charge is 2.84. The summed E-state index contributed by atoms with van der Waals surface area (Å²) >= 11 is 28.0. The summed E-state index contributed by atoms with van der Waals surface area (Å²) in [6.07, 6.45) is 0. The van der Waals surface area contributed by atoms with Crippen LogP contribution in [0.15, 0.2) is 84.9 Å². The Kier molecular flexibility index (Phi) is 3.74. The number of hydrogen-bond acceptors (Lipinski definition) is 1. The molecular weight excluding hydrogens is 422 g/mol. The van der Waals surface area contributed by atoms with Gasteiger partial charge in [0.2, 0.25) is 0 Å². The van der Waals surface area contributed by atoms with Gasteiger partial charge < -0.3 is 4.74 Å². The molecule has 136 valence electrons. The standard InChI is InChI=1S/C22H14Cl4O/c23-21(24)19(15-9-3-1-4-10-15)17-13-7-8-14-18(17)20(27-19,22(21,25)26)16-11-5-2-6-12-16/h1-14H/t19-,20-/m1/s1. The summed E-state index contributed by atoms with van der Waals surface area (Å²) in [6, 6.07) is 27.1. The summed E-state index contributed by atoms with van der Waals surface area (Å²) < 4.78 is 3.53. The summed E-state index contributed by atoms with van der Waals surface area (Å²) in [5.41, 5.74) is 0.969. The van der Waals surface area contributed by atoms with Crippen molar-refractivity contribution in [3.05, 3.63) is 107 Å². The highest BCUT2D eigenvalue weighted by molar-refractivity contribution is 6.64. The molecule has 0 aliphatic carbocycles. The Morgan fingerprint density at radius 2 is 0.815 bits per heavy atom. The van der Waals surface area contributed by atoms with E-state index >= 15 is 0 Å².